The first-order chi connectivity index (χ1) is 9.26. The standard InChI is InChI=1S/C11H10N6O2/c1-18-9-3-2-7(6-8(9)12)19-11-5-4-10-13-15-16-17(10)14-11/h2-6H,12H2,1H3. The highest BCUT2D eigenvalue weighted by atomic mass is 16.5. The predicted octanol–water partition coefficient (Wildman–Crippen LogP) is 0.902. The maximum atomic E-state index is 5.80. The minimum atomic E-state index is 0.365. The molecule has 0 saturated heterocycles. The van der Waals surface area contributed by atoms with Gasteiger partial charge in [-0.05, 0) is 28.6 Å². The molecule has 0 atom stereocenters. The van der Waals surface area contributed by atoms with E-state index in [1.54, 1.807) is 37.4 Å². The average molecular weight is 258 g/mol. The van der Waals surface area contributed by atoms with E-state index >= 15 is 0 Å². The van der Waals surface area contributed by atoms with Crippen LogP contribution in [-0.4, -0.2) is 32.4 Å². The highest BCUT2D eigenvalue weighted by Gasteiger charge is 2.05. The number of rotatable bonds is 3. The molecule has 0 bridgehead atoms. The second kappa shape index (κ2) is 4.41. The number of fused-ring (bicyclic) bond motifs is 1. The van der Waals surface area contributed by atoms with Crippen molar-refractivity contribution in [2.24, 2.45) is 0 Å². The Labute approximate surface area is 107 Å². The fourth-order valence-corrected chi connectivity index (χ4v) is 1.58. The zero-order chi connectivity index (χ0) is 13.2. The molecule has 3 rings (SSSR count). The van der Waals surface area contributed by atoms with E-state index in [0.717, 1.165) is 0 Å². The first-order valence-corrected chi connectivity index (χ1v) is 5.43. The van der Waals surface area contributed by atoms with Gasteiger partial charge in [-0.3, -0.25) is 0 Å². The summed E-state index contributed by atoms with van der Waals surface area (Å²) < 4.78 is 11.9. The van der Waals surface area contributed by atoms with Crippen molar-refractivity contribution in [2.75, 3.05) is 12.8 Å². The van der Waals surface area contributed by atoms with Crippen LogP contribution < -0.4 is 15.2 Å². The van der Waals surface area contributed by atoms with Gasteiger partial charge in [-0.2, -0.15) is 0 Å². The molecule has 8 nitrogen and oxygen atoms in total. The van der Waals surface area contributed by atoms with Crippen molar-refractivity contribution in [3.8, 4) is 17.4 Å². The Hall–Kier alpha value is -2.90. The van der Waals surface area contributed by atoms with Crippen LogP contribution in [0.1, 0.15) is 0 Å². The Morgan fingerprint density at radius 2 is 2.11 bits per heavy atom. The van der Waals surface area contributed by atoms with Crippen LogP contribution in [0.2, 0.25) is 0 Å². The molecular weight excluding hydrogens is 248 g/mol. The maximum Gasteiger partial charge on any atom is 0.239 e. The Bertz CT molecular complexity index is 726. The van der Waals surface area contributed by atoms with Crippen molar-refractivity contribution in [2.45, 2.75) is 0 Å². The molecular formula is C11H10N6O2. The third-order valence-corrected chi connectivity index (χ3v) is 2.47. The van der Waals surface area contributed by atoms with Crippen LogP contribution in [0.4, 0.5) is 5.69 Å². The lowest BCUT2D eigenvalue weighted by molar-refractivity contribution is 0.413. The van der Waals surface area contributed by atoms with Gasteiger partial charge in [0.25, 0.3) is 0 Å². The average Bonchev–Trinajstić information content (AvgIpc) is 2.86. The molecule has 1 aromatic carbocycles. The van der Waals surface area contributed by atoms with Gasteiger partial charge in [-0.25, -0.2) is 0 Å². The summed E-state index contributed by atoms with van der Waals surface area (Å²) in [5.74, 6) is 1.51. The summed E-state index contributed by atoms with van der Waals surface area (Å²) >= 11 is 0. The Kier molecular flexibility index (Phi) is 2.60. The van der Waals surface area contributed by atoms with Crippen molar-refractivity contribution >= 4 is 11.3 Å². The minimum absolute atomic E-state index is 0.365. The van der Waals surface area contributed by atoms with Crippen LogP contribution in [0.15, 0.2) is 30.3 Å². The van der Waals surface area contributed by atoms with E-state index in [9.17, 15) is 0 Å². The molecule has 0 saturated carbocycles. The molecule has 2 heterocycles. The second-order valence-corrected chi connectivity index (χ2v) is 3.70. The van der Waals surface area contributed by atoms with Crippen molar-refractivity contribution in [3.05, 3.63) is 30.3 Å². The lowest BCUT2D eigenvalue weighted by Crippen LogP contribution is -1.98. The van der Waals surface area contributed by atoms with Gasteiger partial charge < -0.3 is 15.2 Å². The van der Waals surface area contributed by atoms with Gasteiger partial charge in [0.2, 0.25) is 5.88 Å². The summed E-state index contributed by atoms with van der Waals surface area (Å²) in [7, 11) is 1.55. The second-order valence-electron chi connectivity index (χ2n) is 3.70. The van der Waals surface area contributed by atoms with E-state index in [1.165, 1.54) is 4.63 Å². The first-order valence-electron chi connectivity index (χ1n) is 5.43. The Morgan fingerprint density at radius 3 is 2.89 bits per heavy atom. The number of methoxy groups -OCH3 is 1. The van der Waals surface area contributed by atoms with E-state index in [2.05, 4.69) is 20.6 Å². The van der Waals surface area contributed by atoms with Crippen molar-refractivity contribution in [1.82, 2.24) is 25.3 Å². The fraction of sp³-hybridized carbons (Fsp3) is 0.0909. The smallest absolute Gasteiger partial charge is 0.239 e. The molecule has 0 spiro atoms. The maximum absolute atomic E-state index is 5.80. The molecule has 96 valence electrons. The van der Waals surface area contributed by atoms with Crippen LogP contribution in [0, 0.1) is 0 Å². The fourth-order valence-electron chi connectivity index (χ4n) is 1.58. The number of ether oxygens (including phenoxy) is 2. The van der Waals surface area contributed by atoms with Crippen molar-refractivity contribution < 1.29 is 9.47 Å². The first kappa shape index (κ1) is 11.2. The molecule has 2 N–H and O–H groups in total. The topological polar surface area (TPSA) is 100 Å². The Morgan fingerprint density at radius 1 is 1.21 bits per heavy atom. The number of hydrogen-bond acceptors (Lipinski definition) is 7. The van der Waals surface area contributed by atoms with E-state index in [-0.39, 0.29) is 0 Å². The third-order valence-electron chi connectivity index (χ3n) is 2.47. The summed E-state index contributed by atoms with van der Waals surface area (Å²) in [5.41, 5.74) is 6.83. The minimum Gasteiger partial charge on any atom is -0.495 e. The van der Waals surface area contributed by atoms with Crippen LogP contribution in [-0.2, 0) is 0 Å². The lowest BCUT2D eigenvalue weighted by Gasteiger charge is -2.07. The summed E-state index contributed by atoms with van der Waals surface area (Å²) in [5, 5.41) is 15.0. The largest absolute Gasteiger partial charge is 0.495 e. The van der Waals surface area contributed by atoms with Crippen molar-refractivity contribution in [1.29, 1.82) is 0 Å². The number of aromatic nitrogens is 5. The van der Waals surface area contributed by atoms with Gasteiger partial charge in [0, 0.05) is 12.1 Å². The van der Waals surface area contributed by atoms with Crippen LogP contribution >= 0.6 is 0 Å². The molecule has 0 aliphatic carbocycles. The number of nitrogens with two attached hydrogens (primary N) is 1. The molecule has 0 radical (unpaired) electrons. The molecule has 0 fully saturated rings. The van der Waals surface area contributed by atoms with Crippen LogP contribution in [0.3, 0.4) is 0 Å². The molecule has 0 unspecified atom stereocenters. The zero-order valence-electron chi connectivity index (χ0n) is 10.0. The highest BCUT2D eigenvalue weighted by molar-refractivity contribution is 5.56. The molecule has 19 heavy (non-hydrogen) atoms. The van der Waals surface area contributed by atoms with E-state index < -0.39 is 0 Å². The number of tetrazole rings is 1. The van der Waals surface area contributed by atoms with Crippen molar-refractivity contribution in [3.63, 3.8) is 0 Å². The number of nitrogens with zero attached hydrogens (tertiary/aromatic N) is 5. The molecule has 0 aliphatic heterocycles. The van der Waals surface area contributed by atoms with E-state index in [4.69, 9.17) is 15.2 Å². The van der Waals surface area contributed by atoms with Gasteiger partial charge >= 0.3 is 0 Å². The zero-order valence-corrected chi connectivity index (χ0v) is 10.0. The normalized spacial score (nSPS) is 10.6. The number of anilines is 1. The molecule has 0 amide bonds. The monoisotopic (exact) mass is 258 g/mol. The number of hydrogen-bond donors (Lipinski definition) is 1. The molecule has 3 aromatic rings. The number of nitrogen functional groups attached to an aromatic ring is 1. The van der Waals surface area contributed by atoms with Gasteiger partial charge in [0.05, 0.1) is 12.8 Å². The molecule has 2 aromatic heterocycles. The number of benzene rings is 1. The van der Waals surface area contributed by atoms with E-state index in [0.29, 0.717) is 28.7 Å². The third kappa shape index (κ3) is 2.10. The molecule has 8 heteroatoms. The summed E-state index contributed by atoms with van der Waals surface area (Å²) in [6, 6.07) is 8.49. The highest BCUT2D eigenvalue weighted by Crippen LogP contribution is 2.28. The summed E-state index contributed by atoms with van der Waals surface area (Å²) in [6.07, 6.45) is 0. The predicted molar refractivity (Wildman–Crippen MR) is 66.1 cm³/mol. The van der Waals surface area contributed by atoms with Gasteiger partial charge in [0.15, 0.2) is 5.65 Å². The quantitative estimate of drug-likeness (QED) is 0.696. The Balaban J connectivity index is 1.89. The van der Waals surface area contributed by atoms with Gasteiger partial charge in [-0.1, -0.05) is 0 Å². The molecule has 0 aliphatic rings. The van der Waals surface area contributed by atoms with Gasteiger partial charge in [0.1, 0.15) is 11.5 Å². The van der Waals surface area contributed by atoms with E-state index in [1.807, 2.05) is 0 Å². The van der Waals surface area contributed by atoms with Crippen LogP contribution in [0.25, 0.3) is 5.65 Å². The summed E-state index contributed by atoms with van der Waals surface area (Å²) in [4.78, 5) is 0. The lowest BCUT2D eigenvalue weighted by atomic mass is 10.3. The van der Waals surface area contributed by atoms with Crippen LogP contribution in [0.5, 0.6) is 17.4 Å². The summed E-state index contributed by atoms with van der Waals surface area (Å²) in [6.45, 7) is 0. The van der Waals surface area contributed by atoms with Gasteiger partial charge in [-0.15, -0.1) is 14.8 Å². The SMILES string of the molecule is COc1ccc(Oc2ccc3nnnn3n2)cc1N.